The molecule has 2 heterocycles. The predicted octanol–water partition coefficient (Wildman–Crippen LogP) is 4.25. The van der Waals surface area contributed by atoms with E-state index in [9.17, 15) is 9.18 Å². The Labute approximate surface area is 158 Å². The van der Waals surface area contributed by atoms with Crippen LogP contribution >= 0.6 is 0 Å². The summed E-state index contributed by atoms with van der Waals surface area (Å²) in [7, 11) is 1.71. The Kier molecular flexibility index (Phi) is 4.75. The van der Waals surface area contributed by atoms with Crippen molar-refractivity contribution in [1.82, 2.24) is 9.88 Å². The molecule has 0 saturated carbocycles. The van der Waals surface area contributed by atoms with Crippen molar-refractivity contribution in [3.05, 3.63) is 71.5 Å². The maximum absolute atomic E-state index is 14.0. The van der Waals surface area contributed by atoms with Gasteiger partial charge in [-0.1, -0.05) is 36.4 Å². The Morgan fingerprint density at radius 1 is 1.11 bits per heavy atom. The molecule has 4 nitrogen and oxygen atoms in total. The number of benzene rings is 2. The normalized spacial score (nSPS) is 13.9. The van der Waals surface area contributed by atoms with Crippen molar-refractivity contribution in [3.8, 4) is 0 Å². The summed E-state index contributed by atoms with van der Waals surface area (Å²) in [5.41, 5.74) is 1.96. The monoisotopic (exact) mass is 363 g/mol. The van der Waals surface area contributed by atoms with Crippen LogP contribution in [0.5, 0.6) is 0 Å². The lowest BCUT2D eigenvalue weighted by molar-refractivity contribution is 0.0784. The van der Waals surface area contributed by atoms with Gasteiger partial charge in [-0.3, -0.25) is 4.79 Å². The summed E-state index contributed by atoms with van der Waals surface area (Å²) in [6.45, 7) is 2.03. The van der Waals surface area contributed by atoms with E-state index in [0.29, 0.717) is 11.1 Å². The van der Waals surface area contributed by atoms with Crippen molar-refractivity contribution in [2.45, 2.75) is 19.4 Å². The van der Waals surface area contributed by atoms with Gasteiger partial charge in [-0.15, -0.1) is 0 Å². The van der Waals surface area contributed by atoms with E-state index in [2.05, 4.69) is 4.90 Å². The molecule has 1 aromatic heterocycles. The molecule has 1 fully saturated rings. The maximum Gasteiger partial charge on any atom is 0.257 e. The molecule has 0 bridgehead atoms. The van der Waals surface area contributed by atoms with Gasteiger partial charge in [-0.25, -0.2) is 9.37 Å². The maximum atomic E-state index is 14.0. The number of anilines is 1. The first-order valence-corrected chi connectivity index (χ1v) is 9.27. The lowest BCUT2D eigenvalue weighted by atomic mass is 10.1. The average molecular weight is 363 g/mol. The largest absolute Gasteiger partial charge is 0.356 e. The lowest BCUT2D eigenvalue weighted by Crippen LogP contribution is -2.30. The summed E-state index contributed by atoms with van der Waals surface area (Å²) in [6, 6.07) is 16.3. The van der Waals surface area contributed by atoms with Crippen LogP contribution in [0.15, 0.2) is 54.6 Å². The topological polar surface area (TPSA) is 36.4 Å². The van der Waals surface area contributed by atoms with Gasteiger partial charge in [0.05, 0.1) is 11.1 Å². The first-order valence-electron chi connectivity index (χ1n) is 9.27. The fraction of sp³-hybridized carbons (Fsp3) is 0.273. The number of rotatable bonds is 4. The number of nitrogens with zero attached hydrogens (tertiary/aromatic N) is 3. The van der Waals surface area contributed by atoms with Gasteiger partial charge in [0.15, 0.2) is 0 Å². The van der Waals surface area contributed by atoms with Gasteiger partial charge in [-0.05, 0) is 31.0 Å². The molecule has 0 spiro atoms. The molecule has 3 aromatic rings. The second kappa shape index (κ2) is 7.35. The van der Waals surface area contributed by atoms with Gasteiger partial charge in [-0.2, -0.15) is 0 Å². The first kappa shape index (κ1) is 17.5. The number of halogens is 1. The molecule has 27 heavy (non-hydrogen) atoms. The van der Waals surface area contributed by atoms with E-state index in [0.717, 1.165) is 42.7 Å². The molecular formula is C22H22FN3O. The second-order valence-corrected chi connectivity index (χ2v) is 7.00. The molecule has 5 heteroatoms. The number of aromatic nitrogens is 1. The minimum atomic E-state index is -0.298. The standard InChI is InChI=1S/C22H22FN3O/c1-25(15-17-9-2-4-10-19(17)23)22(27)18-14-16-8-3-5-11-20(16)24-21(18)26-12-6-7-13-26/h2-5,8-11,14H,6-7,12-13,15H2,1H3. The van der Waals surface area contributed by atoms with Crippen LogP contribution in [-0.4, -0.2) is 35.9 Å². The van der Waals surface area contributed by atoms with E-state index < -0.39 is 0 Å². The van der Waals surface area contributed by atoms with Crippen molar-refractivity contribution in [1.29, 1.82) is 0 Å². The van der Waals surface area contributed by atoms with E-state index in [1.807, 2.05) is 30.3 Å². The highest BCUT2D eigenvalue weighted by Gasteiger charge is 2.24. The zero-order chi connectivity index (χ0) is 18.8. The van der Waals surface area contributed by atoms with Crippen molar-refractivity contribution < 1.29 is 9.18 Å². The molecule has 0 N–H and O–H groups in total. The molecule has 2 aromatic carbocycles. The highest BCUT2D eigenvalue weighted by Crippen LogP contribution is 2.28. The van der Waals surface area contributed by atoms with Crippen LogP contribution < -0.4 is 4.90 Å². The van der Waals surface area contributed by atoms with E-state index in [1.165, 1.54) is 6.07 Å². The van der Waals surface area contributed by atoms with E-state index in [4.69, 9.17) is 4.98 Å². The van der Waals surface area contributed by atoms with Crippen LogP contribution in [0, 0.1) is 5.82 Å². The highest BCUT2D eigenvalue weighted by atomic mass is 19.1. The van der Waals surface area contributed by atoms with Crippen molar-refractivity contribution in [2.75, 3.05) is 25.0 Å². The zero-order valence-electron chi connectivity index (χ0n) is 15.4. The lowest BCUT2D eigenvalue weighted by Gasteiger charge is -2.24. The number of para-hydroxylation sites is 1. The molecular weight excluding hydrogens is 341 g/mol. The van der Waals surface area contributed by atoms with Gasteiger partial charge in [0.2, 0.25) is 0 Å². The molecule has 1 aliphatic rings. The SMILES string of the molecule is CN(Cc1ccccc1F)C(=O)c1cc2ccccc2nc1N1CCCC1. The third-order valence-electron chi connectivity index (χ3n) is 5.05. The third kappa shape index (κ3) is 3.50. The quantitative estimate of drug-likeness (QED) is 0.695. The Bertz CT molecular complexity index is 982. The van der Waals surface area contributed by atoms with Gasteiger partial charge >= 0.3 is 0 Å². The zero-order valence-corrected chi connectivity index (χ0v) is 15.4. The molecule has 0 unspecified atom stereocenters. The summed E-state index contributed by atoms with van der Waals surface area (Å²) in [5.74, 6) is 0.295. The van der Waals surface area contributed by atoms with Crippen molar-refractivity contribution in [2.24, 2.45) is 0 Å². The average Bonchev–Trinajstić information content (AvgIpc) is 3.23. The molecule has 1 saturated heterocycles. The molecule has 0 radical (unpaired) electrons. The second-order valence-electron chi connectivity index (χ2n) is 7.00. The van der Waals surface area contributed by atoms with Crippen LogP contribution in [0.4, 0.5) is 10.2 Å². The van der Waals surface area contributed by atoms with Crippen LogP contribution in [0.1, 0.15) is 28.8 Å². The van der Waals surface area contributed by atoms with E-state index >= 15 is 0 Å². The number of hydrogen-bond donors (Lipinski definition) is 0. The van der Waals surface area contributed by atoms with E-state index in [-0.39, 0.29) is 18.3 Å². The van der Waals surface area contributed by atoms with Gasteiger partial charge < -0.3 is 9.80 Å². The third-order valence-corrected chi connectivity index (χ3v) is 5.05. The first-order chi connectivity index (χ1) is 13.1. The van der Waals surface area contributed by atoms with Gasteiger partial charge in [0, 0.05) is 37.6 Å². The number of hydrogen-bond acceptors (Lipinski definition) is 3. The number of fused-ring (bicyclic) bond motifs is 1. The summed E-state index contributed by atoms with van der Waals surface area (Å²) >= 11 is 0. The Hall–Kier alpha value is -2.95. The summed E-state index contributed by atoms with van der Waals surface area (Å²) < 4.78 is 14.0. The molecule has 4 rings (SSSR count). The predicted molar refractivity (Wildman–Crippen MR) is 105 cm³/mol. The number of amides is 1. The fourth-order valence-corrected chi connectivity index (χ4v) is 3.59. The summed E-state index contributed by atoms with van der Waals surface area (Å²) in [5, 5.41) is 0.933. The minimum absolute atomic E-state index is 0.140. The number of carbonyl (C=O) groups excluding carboxylic acids is 1. The number of pyridine rings is 1. The molecule has 0 aliphatic carbocycles. The van der Waals surface area contributed by atoms with E-state index in [1.54, 1.807) is 30.1 Å². The molecule has 138 valence electrons. The highest BCUT2D eigenvalue weighted by molar-refractivity contribution is 6.02. The Morgan fingerprint density at radius 3 is 2.59 bits per heavy atom. The molecule has 1 aliphatic heterocycles. The van der Waals surface area contributed by atoms with Crippen molar-refractivity contribution in [3.63, 3.8) is 0 Å². The van der Waals surface area contributed by atoms with Crippen LogP contribution in [0.25, 0.3) is 10.9 Å². The molecule has 1 amide bonds. The Morgan fingerprint density at radius 2 is 1.81 bits per heavy atom. The van der Waals surface area contributed by atoms with Crippen molar-refractivity contribution >= 4 is 22.6 Å². The number of carbonyl (C=O) groups is 1. The summed E-state index contributed by atoms with van der Waals surface area (Å²) in [4.78, 5) is 21.7. The minimum Gasteiger partial charge on any atom is -0.356 e. The smallest absolute Gasteiger partial charge is 0.257 e. The Balaban J connectivity index is 1.71. The van der Waals surface area contributed by atoms with Gasteiger partial charge in [0.25, 0.3) is 5.91 Å². The van der Waals surface area contributed by atoms with Crippen LogP contribution in [0.2, 0.25) is 0 Å². The van der Waals surface area contributed by atoms with Crippen LogP contribution in [0.3, 0.4) is 0 Å². The molecule has 0 atom stereocenters. The van der Waals surface area contributed by atoms with Gasteiger partial charge in [0.1, 0.15) is 11.6 Å². The summed E-state index contributed by atoms with van der Waals surface area (Å²) in [6.07, 6.45) is 2.21. The van der Waals surface area contributed by atoms with Crippen LogP contribution in [-0.2, 0) is 6.54 Å². The fourth-order valence-electron chi connectivity index (χ4n) is 3.59.